The number of aromatic nitrogens is 2. The first-order chi connectivity index (χ1) is 8.36. The lowest BCUT2D eigenvalue weighted by molar-refractivity contribution is 1.20. The molecule has 17 heavy (non-hydrogen) atoms. The molecule has 0 saturated carbocycles. The van der Waals surface area contributed by atoms with E-state index in [4.69, 9.17) is 0 Å². The Bertz CT molecular complexity index is 630. The Balaban J connectivity index is 2.10. The normalized spacial score (nSPS) is 10.6. The molecule has 0 spiro atoms. The number of thiophene rings is 2. The summed E-state index contributed by atoms with van der Waals surface area (Å²) in [6.07, 6.45) is 0. The zero-order valence-corrected chi connectivity index (χ0v) is 10.7. The molecule has 86 valence electrons. The molecule has 3 rings (SSSR count). The SMILES string of the molecule is CNc1nc(Nc2ccsc2)c2ccsc2n1. The van der Waals surface area contributed by atoms with Crippen molar-refractivity contribution in [3.8, 4) is 0 Å². The number of rotatable bonds is 3. The molecule has 0 aliphatic carbocycles. The molecular weight excluding hydrogens is 252 g/mol. The summed E-state index contributed by atoms with van der Waals surface area (Å²) in [7, 11) is 1.82. The highest BCUT2D eigenvalue weighted by molar-refractivity contribution is 7.16. The van der Waals surface area contributed by atoms with Gasteiger partial charge in [-0.05, 0) is 22.9 Å². The van der Waals surface area contributed by atoms with E-state index in [1.165, 1.54) is 0 Å². The van der Waals surface area contributed by atoms with Crippen molar-refractivity contribution in [1.82, 2.24) is 9.97 Å². The summed E-state index contributed by atoms with van der Waals surface area (Å²) >= 11 is 3.27. The molecule has 2 N–H and O–H groups in total. The van der Waals surface area contributed by atoms with E-state index in [2.05, 4.69) is 26.0 Å². The molecule has 0 radical (unpaired) electrons. The second kappa shape index (κ2) is 4.31. The van der Waals surface area contributed by atoms with Crippen molar-refractivity contribution in [3.63, 3.8) is 0 Å². The lowest BCUT2D eigenvalue weighted by Gasteiger charge is -2.06. The number of hydrogen-bond donors (Lipinski definition) is 2. The largest absolute Gasteiger partial charge is 0.357 e. The molecule has 0 unspecified atom stereocenters. The van der Waals surface area contributed by atoms with Crippen LogP contribution in [0.5, 0.6) is 0 Å². The van der Waals surface area contributed by atoms with E-state index in [9.17, 15) is 0 Å². The average Bonchev–Trinajstić information content (AvgIpc) is 2.98. The van der Waals surface area contributed by atoms with E-state index in [0.717, 1.165) is 21.7 Å². The predicted molar refractivity (Wildman–Crippen MR) is 74.6 cm³/mol. The van der Waals surface area contributed by atoms with Crippen LogP contribution in [0.1, 0.15) is 0 Å². The van der Waals surface area contributed by atoms with Gasteiger partial charge in [0.05, 0.1) is 11.1 Å². The number of nitrogens with zero attached hydrogens (tertiary/aromatic N) is 2. The van der Waals surface area contributed by atoms with Crippen LogP contribution in [-0.2, 0) is 0 Å². The van der Waals surface area contributed by atoms with Gasteiger partial charge in [-0.3, -0.25) is 0 Å². The monoisotopic (exact) mass is 262 g/mol. The minimum atomic E-state index is 0.637. The first-order valence-corrected chi connectivity index (χ1v) is 6.91. The molecule has 0 atom stereocenters. The summed E-state index contributed by atoms with van der Waals surface area (Å²) in [6.45, 7) is 0. The third-order valence-corrected chi connectivity index (χ3v) is 3.82. The van der Waals surface area contributed by atoms with Gasteiger partial charge in [-0.25, -0.2) is 4.98 Å². The van der Waals surface area contributed by atoms with E-state index in [-0.39, 0.29) is 0 Å². The van der Waals surface area contributed by atoms with Crippen molar-refractivity contribution < 1.29 is 0 Å². The summed E-state index contributed by atoms with van der Waals surface area (Å²) in [4.78, 5) is 9.84. The van der Waals surface area contributed by atoms with Crippen LogP contribution in [0.25, 0.3) is 10.2 Å². The van der Waals surface area contributed by atoms with Crippen LogP contribution in [0.15, 0.2) is 28.3 Å². The van der Waals surface area contributed by atoms with Crippen molar-refractivity contribution in [1.29, 1.82) is 0 Å². The van der Waals surface area contributed by atoms with Gasteiger partial charge in [-0.15, -0.1) is 11.3 Å². The Kier molecular flexibility index (Phi) is 2.66. The fourth-order valence-electron chi connectivity index (χ4n) is 1.53. The summed E-state index contributed by atoms with van der Waals surface area (Å²) in [5.41, 5.74) is 1.06. The second-order valence-corrected chi connectivity index (χ2v) is 5.10. The first kappa shape index (κ1) is 10.5. The third kappa shape index (κ3) is 1.96. The highest BCUT2D eigenvalue weighted by Crippen LogP contribution is 2.29. The van der Waals surface area contributed by atoms with Gasteiger partial charge in [-0.2, -0.15) is 16.3 Å². The Morgan fingerprint density at radius 1 is 1.18 bits per heavy atom. The number of nitrogens with one attached hydrogen (secondary N) is 2. The van der Waals surface area contributed by atoms with E-state index < -0.39 is 0 Å². The molecule has 6 heteroatoms. The second-order valence-electron chi connectivity index (χ2n) is 3.42. The minimum absolute atomic E-state index is 0.637. The van der Waals surface area contributed by atoms with Crippen LogP contribution in [0.3, 0.4) is 0 Å². The van der Waals surface area contributed by atoms with Crippen LogP contribution < -0.4 is 10.6 Å². The third-order valence-electron chi connectivity index (χ3n) is 2.33. The van der Waals surface area contributed by atoms with Crippen molar-refractivity contribution in [2.75, 3.05) is 17.7 Å². The average molecular weight is 262 g/mol. The topological polar surface area (TPSA) is 49.8 Å². The number of fused-ring (bicyclic) bond motifs is 1. The fraction of sp³-hybridized carbons (Fsp3) is 0.0909. The van der Waals surface area contributed by atoms with Gasteiger partial charge in [0.15, 0.2) is 0 Å². The Labute approximate surface area is 106 Å². The quantitative estimate of drug-likeness (QED) is 0.758. The lowest BCUT2D eigenvalue weighted by atomic mass is 10.3. The van der Waals surface area contributed by atoms with Gasteiger partial charge in [0.25, 0.3) is 0 Å². The zero-order chi connectivity index (χ0) is 11.7. The standard InChI is InChI=1S/C11H10N4S2/c1-12-11-14-9(13-7-2-4-16-6-7)8-3-5-17-10(8)15-11/h2-6H,1H3,(H2,12,13,14,15). The molecule has 0 aliphatic heterocycles. The fourth-order valence-corrected chi connectivity index (χ4v) is 2.89. The van der Waals surface area contributed by atoms with Gasteiger partial charge in [0, 0.05) is 12.4 Å². The lowest BCUT2D eigenvalue weighted by Crippen LogP contribution is -2.00. The van der Waals surface area contributed by atoms with E-state index in [0.29, 0.717) is 5.95 Å². The summed E-state index contributed by atoms with van der Waals surface area (Å²) in [6, 6.07) is 4.07. The predicted octanol–water partition coefficient (Wildman–Crippen LogP) is 3.54. The van der Waals surface area contributed by atoms with Crippen LogP contribution >= 0.6 is 22.7 Å². The summed E-state index contributed by atoms with van der Waals surface area (Å²) in [5, 5.41) is 13.5. The molecular formula is C11H10N4S2. The van der Waals surface area contributed by atoms with E-state index >= 15 is 0 Å². The van der Waals surface area contributed by atoms with Gasteiger partial charge in [0.1, 0.15) is 10.6 Å². The molecule has 3 heterocycles. The Hall–Kier alpha value is -1.66. The molecule has 0 bridgehead atoms. The van der Waals surface area contributed by atoms with Gasteiger partial charge >= 0.3 is 0 Å². The molecule has 0 aromatic carbocycles. The van der Waals surface area contributed by atoms with Crippen LogP contribution in [-0.4, -0.2) is 17.0 Å². The Morgan fingerprint density at radius 2 is 2.12 bits per heavy atom. The molecule has 3 aromatic rings. The molecule has 0 fully saturated rings. The highest BCUT2D eigenvalue weighted by Gasteiger charge is 2.08. The maximum atomic E-state index is 4.44. The van der Waals surface area contributed by atoms with Gasteiger partial charge in [0.2, 0.25) is 5.95 Å². The highest BCUT2D eigenvalue weighted by atomic mass is 32.1. The molecule has 4 nitrogen and oxygen atoms in total. The van der Waals surface area contributed by atoms with Gasteiger partial charge in [-0.1, -0.05) is 0 Å². The van der Waals surface area contributed by atoms with Crippen LogP contribution in [0, 0.1) is 0 Å². The molecule has 0 amide bonds. The van der Waals surface area contributed by atoms with Crippen molar-refractivity contribution >= 4 is 50.3 Å². The number of anilines is 3. The molecule has 0 saturated heterocycles. The van der Waals surface area contributed by atoms with E-state index in [1.54, 1.807) is 22.7 Å². The Morgan fingerprint density at radius 3 is 2.88 bits per heavy atom. The minimum Gasteiger partial charge on any atom is -0.357 e. The van der Waals surface area contributed by atoms with E-state index in [1.807, 2.05) is 29.9 Å². The van der Waals surface area contributed by atoms with Crippen molar-refractivity contribution in [3.05, 3.63) is 28.3 Å². The zero-order valence-electron chi connectivity index (χ0n) is 9.10. The maximum absolute atomic E-state index is 4.44. The molecule has 0 aliphatic rings. The maximum Gasteiger partial charge on any atom is 0.225 e. The molecule has 3 aromatic heterocycles. The van der Waals surface area contributed by atoms with Crippen molar-refractivity contribution in [2.24, 2.45) is 0 Å². The number of hydrogen-bond acceptors (Lipinski definition) is 6. The smallest absolute Gasteiger partial charge is 0.225 e. The summed E-state index contributed by atoms with van der Waals surface area (Å²) < 4.78 is 0. The van der Waals surface area contributed by atoms with Crippen LogP contribution in [0.4, 0.5) is 17.5 Å². The van der Waals surface area contributed by atoms with Crippen molar-refractivity contribution in [2.45, 2.75) is 0 Å². The van der Waals surface area contributed by atoms with Gasteiger partial charge < -0.3 is 10.6 Å². The first-order valence-electron chi connectivity index (χ1n) is 5.09. The summed E-state index contributed by atoms with van der Waals surface area (Å²) in [5.74, 6) is 1.48. The van der Waals surface area contributed by atoms with Crippen LogP contribution in [0.2, 0.25) is 0 Å².